The number of amides is 2. The van der Waals surface area contributed by atoms with E-state index in [4.69, 9.17) is 0 Å². The molecular formula is C18H19N5O3. The highest BCUT2D eigenvalue weighted by Crippen LogP contribution is 2.24. The van der Waals surface area contributed by atoms with Crippen LogP contribution in [0, 0.1) is 5.92 Å². The Kier molecular flexibility index (Phi) is 4.24. The summed E-state index contributed by atoms with van der Waals surface area (Å²) >= 11 is 0. The molecule has 1 fully saturated rings. The number of aromatic amines is 1. The summed E-state index contributed by atoms with van der Waals surface area (Å²) in [6.07, 6.45) is 3.77. The Bertz CT molecular complexity index is 895. The number of aromatic nitrogens is 3. The minimum absolute atomic E-state index is 0.0269. The number of rotatable bonds is 3. The average molecular weight is 353 g/mol. The van der Waals surface area contributed by atoms with Crippen molar-refractivity contribution < 1.29 is 9.59 Å². The molecule has 8 heteroatoms. The van der Waals surface area contributed by atoms with Crippen LogP contribution < -0.4 is 5.56 Å². The van der Waals surface area contributed by atoms with Gasteiger partial charge in [0.1, 0.15) is 0 Å². The Labute approximate surface area is 149 Å². The maximum atomic E-state index is 12.9. The normalized spacial score (nSPS) is 19.5. The summed E-state index contributed by atoms with van der Waals surface area (Å²) in [4.78, 5) is 51.3. The molecule has 8 nitrogen and oxygen atoms in total. The largest absolute Gasteiger partial charge is 0.336 e. The maximum Gasteiger partial charge on any atom is 0.254 e. The predicted molar refractivity (Wildman–Crippen MR) is 91.7 cm³/mol. The maximum absolute atomic E-state index is 12.9. The summed E-state index contributed by atoms with van der Waals surface area (Å²) in [5, 5.41) is 0. The number of hydrogen-bond donors (Lipinski definition) is 1. The van der Waals surface area contributed by atoms with Crippen LogP contribution in [0.2, 0.25) is 0 Å². The fourth-order valence-corrected chi connectivity index (χ4v) is 3.59. The second-order valence-electron chi connectivity index (χ2n) is 6.66. The minimum atomic E-state index is -0.352. The van der Waals surface area contributed by atoms with E-state index in [0.29, 0.717) is 43.9 Å². The molecule has 1 atom stereocenters. The molecule has 2 aliphatic heterocycles. The number of H-pyrrole nitrogens is 1. The van der Waals surface area contributed by atoms with Gasteiger partial charge in [-0.3, -0.25) is 19.4 Å². The van der Waals surface area contributed by atoms with Gasteiger partial charge in [-0.25, -0.2) is 4.98 Å². The van der Waals surface area contributed by atoms with Crippen LogP contribution in [0.5, 0.6) is 0 Å². The number of pyridine rings is 1. The van der Waals surface area contributed by atoms with Crippen molar-refractivity contribution in [2.75, 3.05) is 13.1 Å². The van der Waals surface area contributed by atoms with Crippen LogP contribution in [0.4, 0.5) is 0 Å². The summed E-state index contributed by atoms with van der Waals surface area (Å²) < 4.78 is 0. The first kappa shape index (κ1) is 16.4. The van der Waals surface area contributed by atoms with Crippen molar-refractivity contribution in [2.45, 2.75) is 25.9 Å². The number of nitrogens with one attached hydrogen (secondary N) is 1. The third kappa shape index (κ3) is 3.10. The van der Waals surface area contributed by atoms with Crippen LogP contribution in [0.15, 0.2) is 35.5 Å². The van der Waals surface area contributed by atoms with E-state index in [-0.39, 0.29) is 29.7 Å². The zero-order chi connectivity index (χ0) is 18.1. The molecule has 0 radical (unpaired) electrons. The van der Waals surface area contributed by atoms with E-state index in [2.05, 4.69) is 15.0 Å². The quantitative estimate of drug-likeness (QED) is 0.844. The van der Waals surface area contributed by atoms with Crippen LogP contribution in [-0.2, 0) is 29.1 Å². The van der Waals surface area contributed by atoms with Gasteiger partial charge >= 0.3 is 0 Å². The number of nitrogens with zero attached hydrogens (tertiary/aromatic N) is 4. The zero-order valence-electron chi connectivity index (χ0n) is 14.2. The Morgan fingerprint density at radius 2 is 2.15 bits per heavy atom. The standard InChI is InChI=1S/C18H19N5O3/c24-16-7-12(8-23(16)9-13-3-1-2-5-19-13)18(26)22-6-4-14-15(10-22)20-11-21-17(14)25/h1-3,5,11-12H,4,6-10H2,(H,20,21,25)/t12-/m1/s1. The topological polar surface area (TPSA) is 99.3 Å². The highest BCUT2D eigenvalue weighted by atomic mass is 16.2. The fourth-order valence-electron chi connectivity index (χ4n) is 3.59. The highest BCUT2D eigenvalue weighted by molar-refractivity contribution is 5.89. The van der Waals surface area contributed by atoms with Gasteiger partial charge < -0.3 is 14.8 Å². The molecule has 0 spiro atoms. The highest BCUT2D eigenvalue weighted by Gasteiger charge is 2.37. The molecule has 4 rings (SSSR count). The summed E-state index contributed by atoms with van der Waals surface area (Å²) in [5.41, 5.74) is 1.96. The van der Waals surface area contributed by atoms with Gasteiger partial charge in [0.15, 0.2) is 0 Å². The summed E-state index contributed by atoms with van der Waals surface area (Å²) in [7, 11) is 0. The lowest BCUT2D eigenvalue weighted by Gasteiger charge is -2.29. The zero-order valence-corrected chi connectivity index (χ0v) is 14.2. The Hall–Kier alpha value is -3.03. The molecule has 2 aliphatic rings. The van der Waals surface area contributed by atoms with Crippen molar-refractivity contribution in [1.29, 1.82) is 0 Å². The molecule has 2 aromatic heterocycles. The smallest absolute Gasteiger partial charge is 0.254 e. The minimum Gasteiger partial charge on any atom is -0.336 e. The van der Waals surface area contributed by atoms with E-state index < -0.39 is 0 Å². The van der Waals surface area contributed by atoms with Crippen molar-refractivity contribution in [2.24, 2.45) is 5.92 Å². The molecule has 134 valence electrons. The van der Waals surface area contributed by atoms with Crippen LogP contribution in [-0.4, -0.2) is 49.7 Å². The number of hydrogen-bond acceptors (Lipinski definition) is 5. The average Bonchev–Trinajstić information content (AvgIpc) is 3.02. The summed E-state index contributed by atoms with van der Waals surface area (Å²) in [5.74, 6) is -0.426. The molecule has 0 aromatic carbocycles. The van der Waals surface area contributed by atoms with Crippen LogP contribution in [0.1, 0.15) is 23.4 Å². The number of carbonyl (C=O) groups excluding carboxylic acids is 2. The molecular weight excluding hydrogens is 334 g/mol. The van der Waals surface area contributed by atoms with Crippen molar-refractivity contribution >= 4 is 11.8 Å². The molecule has 4 heterocycles. The first-order valence-corrected chi connectivity index (χ1v) is 8.63. The fraction of sp³-hybridized carbons (Fsp3) is 0.389. The monoisotopic (exact) mass is 353 g/mol. The molecule has 2 amide bonds. The Morgan fingerprint density at radius 3 is 2.96 bits per heavy atom. The lowest BCUT2D eigenvalue weighted by molar-refractivity contribution is -0.136. The SMILES string of the molecule is O=C1C[C@@H](C(=O)N2CCc3c(nc[nH]c3=O)C2)CN1Cc1ccccn1. The molecule has 0 unspecified atom stereocenters. The second kappa shape index (κ2) is 6.70. The van der Waals surface area contributed by atoms with E-state index >= 15 is 0 Å². The molecule has 0 bridgehead atoms. The number of carbonyl (C=O) groups is 2. The van der Waals surface area contributed by atoms with Gasteiger partial charge in [-0.15, -0.1) is 0 Å². The third-order valence-electron chi connectivity index (χ3n) is 4.97. The molecule has 1 saturated heterocycles. The van der Waals surface area contributed by atoms with Gasteiger partial charge in [-0.05, 0) is 18.6 Å². The second-order valence-corrected chi connectivity index (χ2v) is 6.66. The van der Waals surface area contributed by atoms with Gasteiger partial charge in [-0.2, -0.15) is 0 Å². The lowest BCUT2D eigenvalue weighted by atomic mass is 10.0. The van der Waals surface area contributed by atoms with E-state index in [1.165, 1.54) is 6.33 Å². The van der Waals surface area contributed by atoms with Crippen molar-refractivity contribution in [3.8, 4) is 0 Å². The summed E-state index contributed by atoms with van der Waals surface area (Å²) in [6, 6.07) is 5.58. The Balaban J connectivity index is 1.43. The first-order chi connectivity index (χ1) is 12.6. The lowest BCUT2D eigenvalue weighted by Crippen LogP contribution is -2.42. The van der Waals surface area contributed by atoms with Crippen LogP contribution in [0.25, 0.3) is 0 Å². The van der Waals surface area contributed by atoms with E-state index in [9.17, 15) is 14.4 Å². The van der Waals surface area contributed by atoms with Gasteiger partial charge in [0, 0.05) is 31.3 Å². The number of likely N-dealkylation sites (tertiary alicyclic amines) is 1. The molecule has 2 aromatic rings. The predicted octanol–water partition coefficient (Wildman–Crippen LogP) is 0.0983. The van der Waals surface area contributed by atoms with Gasteiger partial charge in [0.05, 0.1) is 36.7 Å². The Morgan fingerprint density at radius 1 is 1.27 bits per heavy atom. The molecule has 0 aliphatic carbocycles. The van der Waals surface area contributed by atoms with E-state index in [0.717, 1.165) is 5.69 Å². The third-order valence-corrected chi connectivity index (χ3v) is 4.97. The van der Waals surface area contributed by atoms with Crippen molar-refractivity contribution in [3.63, 3.8) is 0 Å². The van der Waals surface area contributed by atoms with Gasteiger partial charge in [0.2, 0.25) is 11.8 Å². The van der Waals surface area contributed by atoms with Crippen LogP contribution >= 0.6 is 0 Å². The van der Waals surface area contributed by atoms with E-state index in [1.54, 1.807) is 16.0 Å². The van der Waals surface area contributed by atoms with Gasteiger partial charge in [-0.1, -0.05) is 6.07 Å². The number of fused-ring (bicyclic) bond motifs is 1. The summed E-state index contributed by atoms with van der Waals surface area (Å²) in [6.45, 7) is 1.62. The van der Waals surface area contributed by atoms with Crippen LogP contribution in [0.3, 0.4) is 0 Å². The first-order valence-electron chi connectivity index (χ1n) is 8.63. The molecule has 0 saturated carbocycles. The molecule has 26 heavy (non-hydrogen) atoms. The molecule has 1 N–H and O–H groups in total. The van der Waals surface area contributed by atoms with E-state index in [1.807, 2.05) is 18.2 Å². The van der Waals surface area contributed by atoms with Gasteiger partial charge in [0.25, 0.3) is 5.56 Å². The van der Waals surface area contributed by atoms with Crippen molar-refractivity contribution in [3.05, 3.63) is 58.0 Å². The van der Waals surface area contributed by atoms with Crippen molar-refractivity contribution in [1.82, 2.24) is 24.8 Å².